The van der Waals surface area contributed by atoms with E-state index in [0.29, 0.717) is 11.9 Å². The Morgan fingerprint density at radius 1 is 1.17 bits per heavy atom. The molecule has 1 heterocycles. The van der Waals surface area contributed by atoms with E-state index < -0.39 is 0 Å². The Kier molecular flexibility index (Phi) is 4.04. The van der Waals surface area contributed by atoms with Crippen LogP contribution in [0.15, 0.2) is 0 Å². The van der Waals surface area contributed by atoms with Gasteiger partial charge in [0.2, 0.25) is 0 Å². The van der Waals surface area contributed by atoms with Crippen molar-refractivity contribution in [3.63, 3.8) is 0 Å². The summed E-state index contributed by atoms with van der Waals surface area (Å²) in [4.78, 5) is 11.3. The molecular weight excluding hydrogens is 224 g/mol. The Morgan fingerprint density at radius 3 is 2.44 bits per heavy atom. The molecule has 0 radical (unpaired) electrons. The van der Waals surface area contributed by atoms with E-state index in [0.717, 1.165) is 23.8 Å². The van der Waals surface area contributed by atoms with Crippen LogP contribution in [0.3, 0.4) is 0 Å². The third-order valence-electron chi connectivity index (χ3n) is 3.90. The fourth-order valence-corrected chi connectivity index (χ4v) is 2.89. The summed E-state index contributed by atoms with van der Waals surface area (Å²) in [5.74, 6) is 2.42. The summed E-state index contributed by atoms with van der Waals surface area (Å²) in [7, 11) is 0. The first-order valence-corrected chi connectivity index (χ1v) is 7.00. The Hall–Kier alpha value is -1.32. The van der Waals surface area contributed by atoms with Gasteiger partial charge in [0.1, 0.15) is 17.5 Å². The molecule has 1 aromatic heterocycles. The number of hydrogen-bond donors (Lipinski definition) is 1. The second-order valence-electron chi connectivity index (χ2n) is 5.18. The zero-order valence-electron chi connectivity index (χ0n) is 11.7. The summed E-state index contributed by atoms with van der Waals surface area (Å²) in [5, 5.41) is 0. The van der Waals surface area contributed by atoms with Crippen LogP contribution in [0.25, 0.3) is 0 Å². The number of rotatable bonds is 3. The highest BCUT2D eigenvalue weighted by Gasteiger charge is 2.23. The number of anilines is 2. The third kappa shape index (κ3) is 2.57. The molecule has 1 aliphatic rings. The van der Waals surface area contributed by atoms with E-state index in [1.54, 1.807) is 0 Å². The van der Waals surface area contributed by atoms with E-state index in [4.69, 9.17) is 5.73 Å². The summed E-state index contributed by atoms with van der Waals surface area (Å²) >= 11 is 0. The first kappa shape index (κ1) is 13.1. The molecule has 0 unspecified atom stereocenters. The molecule has 0 amide bonds. The van der Waals surface area contributed by atoms with Crippen molar-refractivity contribution >= 4 is 11.6 Å². The molecule has 0 saturated heterocycles. The monoisotopic (exact) mass is 248 g/mol. The molecule has 0 atom stereocenters. The highest BCUT2D eigenvalue weighted by molar-refractivity contribution is 5.57. The largest absolute Gasteiger partial charge is 0.383 e. The van der Waals surface area contributed by atoms with Crippen LogP contribution in [0, 0.1) is 13.8 Å². The van der Waals surface area contributed by atoms with Gasteiger partial charge in [0.15, 0.2) is 0 Å². The maximum absolute atomic E-state index is 5.97. The van der Waals surface area contributed by atoms with Crippen molar-refractivity contribution in [2.24, 2.45) is 0 Å². The number of aromatic nitrogens is 2. The van der Waals surface area contributed by atoms with Crippen LogP contribution in [0.5, 0.6) is 0 Å². The topological polar surface area (TPSA) is 55.0 Å². The Labute approximate surface area is 110 Å². The summed E-state index contributed by atoms with van der Waals surface area (Å²) < 4.78 is 0. The average Bonchev–Trinajstić information content (AvgIpc) is 2.37. The van der Waals surface area contributed by atoms with Crippen molar-refractivity contribution < 1.29 is 0 Å². The second-order valence-corrected chi connectivity index (χ2v) is 5.18. The van der Waals surface area contributed by atoms with Gasteiger partial charge in [0.05, 0.1) is 0 Å². The Balaban J connectivity index is 2.31. The number of nitrogens with two attached hydrogens (primary N) is 1. The van der Waals surface area contributed by atoms with Crippen LogP contribution in [-0.4, -0.2) is 22.6 Å². The Bertz CT molecular complexity index is 411. The van der Waals surface area contributed by atoms with Gasteiger partial charge in [-0.1, -0.05) is 19.3 Å². The first-order chi connectivity index (χ1) is 8.63. The van der Waals surface area contributed by atoms with Crippen molar-refractivity contribution in [1.29, 1.82) is 0 Å². The van der Waals surface area contributed by atoms with Gasteiger partial charge in [-0.25, -0.2) is 9.97 Å². The van der Waals surface area contributed by atoms with E-state index in [1.807, 2.05) is 13.8 Å². The van der Waals surface area contributed by atoms with Crippen molar-refractivity contribution in [3.8, 4) is 0 Å². The maximum Gasteiger partial charge on any atom is 0.137 e. The number of nitrogens with zero attached hydrogens (tertiary/aromatic N) is 3. The second kappa shape index (κ2) is 5.55. The third-order valence-corrected chi connectivity index (χ3v) is 3.90. The van der Waals surface area contributed by atoms with Gasteiger partial charge in [-0.3, -0.25) is 0 Å². The highest BCUT2D eigenvalue weighted by atomic mass is 15.2. The minimum absolute atomic E-state index is 0.617. The summed E-state index contributed by atoms with van der Waals surface area (Å²) in [6, 6.07) is 0.621. The molecule has 1 saturated carbocycles. The normalized spacial score (nSPS) is 16.8. The maximum atomic E-state index is 5.97. The van der Waals surface area contributed by atoms with Gasteiger partial charge < -0.3 is 10.6 Å². The molecule has 1 fully saturated rings. The molecule has 18 heavy (non-hydrogen) atoms. The van der Waals surface area contributed by atoms with E-state index in [1.165, 1.54) is 32.1 Å². The lowest BCUT2D eigenvalue weighted by Gasteiger charge is -2.35. The van der Waals surface area contributed by atoms with Crippen LogP contribution in [0.4, 0.5) is 11.6 Å². The number of hydrogen-bond acceptors (Lipinski definition) is 4. The van der Waals surface area contributed by atoms with Gasteiger partial charge in [-0.2, -0.15) is 0 Å². The lowest BCUT2D eigenvalue weighted by atomic mass is 9.94. The van der Waals surface area contributed by atoms with Gasteiger partial charge in [0, 0.05) is 18.2 Å². The zero-order chi connectivity index (χ0) is 13.1. The van der Waals surface area contributed by atoms with Crippen LogP contribution in [0.1, 0.15) is 50.4 Å². The summed E-state index contributed by atoms with van der Waals surface area (Å²) in [5.41, 5.74) is 6.99. The molecule has 4 nitrogen and oxygen atoms in total. The molecule has 0 aromatic carbocycles. The lowest BCUT2D eigenvalue weighted by molar-refractivity contribution is 0.415. The van der Waals surface area contributed by atoms with Gasteiger partial charge >= 0.3 is 0 Å². The molecule has 0 spiro atoms. The molecule has 2 rings (SSSR count). The van der Waals surface area contributed by atoms with Gasteiger partial charge in [0.25, 0.3) is 0 Å². The quantitative estimate of drug-likeness (QED) is 0.893. The fourth-order valence-electron chi connectivity index (χ4n) is 2.89. The molecule has 2 N–H and O–H groups in total. The van der Waals surface area contributed by atoms with Crippen molar-refractivity contribution in [3.05, 3.63) is 11.4 Å². The van der Waals surface area contributed by atoms with Crippen LogP contribution < -0.4 is 10.6 Å². The summed E-state index contributed by atoms with van der Waals surface area (Å²) in [6.07, 6.45) is 6.59. The van der Waals surface area contributed by atoms with E-state index in [2.05, 4.69) is 21.8 Å². The lowest BCUT2D eigenvalue weighted by Crippen LogP contribution is -2.38. The molecule has 100 valence electrons. The van der Waals surface area contributed by atoms with Crippen LogP contribution in [-0.2, 0) is 0 Å². The fraction of sp³-hybridized carbons (Fsp3) is 0.714. The van der Waals surface area contributed by atoms with E-state index >= 15 is 0 Å². The minimum atomic E-state index is 0.617. The molecular formula is C14H24N4. The molecule has 0 bridgehead atoms. The molecule has 1 aromatic rings. The smallest absolute Gasteiger partial charge is 0.137 e. The number of aryl methyl sites for hydroxylation is 1. The number of nitrogen functional groups attached to an aromatic ring is 1. The van der Waals surface area contributed by atoms with Gasteiger partial charge in [-0.05, 0) is 33.6 Å². The SMILES string of the molecule is CCN(c1nc(C)nc(N)c1C)C1CCCCC1. The minimum Gasteiger partial charge on any atom is -0.383 e. The first-order valence-electron chi connectivity index (χ1n) is 7.00. The standard InChI is InChI=1S/C14H24N4/c1-4-18(12-8-6-5-7-9-12)14-10(2)13(15)16-11(3)17-14/h12H,4-9H2,1-3H3,(H2,15,16,17). The predicted molar refractivity (Wildman–Crippen MR) is 75.8 cm³/mol. The van der Waals surface area contributed by atoms with Crippen molar-refractivity contribution in [2.75, 3.05) is 17.2 Å². The highest BCUT2D eigenvalue weighted by Crippen LogP contribution is 2.29. The molecule has 0 aliphatic heterocycles. The molecule has 1 aliphatic carbocycles. The van der Waals surface area contributed by atoms with E-state index in [9.17, 15) is 0 Å². The summed E-state index contributed by atoms with van der Waals surface area (Å²) in [6.45, 7) is 7.12. The molecule has 4 heteroatoms. The van der Waals surface area contributed by atoms with E-state index in [-0.39, 0.29) is 0 Å². The van der Waals surface area contributed by atoms with Crippen molar-refractivity contribution in [1.82, 2.24) is 9.97 Å². The van der Waals surface area contributed by atoms with Crippen LogP contribution in [0.2, 0.25) is 0 Å². The van der Waals surface area contributed by atoms with Crippen LogP contribution >= 0.6 is 0 Å². The van der Waals surface area contributed by atoms with Crippen molar-refractivity contribution in [2.45, 2.75) is 58.9 Å². The zero-order valence-corrected chi connectivity index (χ0v) is 11.7. The van der Waals surface area contributed by atoms with Gasteiger partial charge in [-0.15, -0.1) is 0 Å². The Morgan fingerprint density at radius 2 is 1.83 bits per heavy atom. The predicted octanol–water partition coefficient (Wildman–Crippen LogP) is 2.83. The average molecular weight is 248 g/mol.